The highest BCUT2D eigenvalue weighted by molar-refractivity contribution is 7.16. The lowest BCUT2D eigenvalue weighted by atomic mass is 10.2. The van der Waals surface area contributed by atoms with Crippen molar-refractivity contribution in [3.05, 3.63) is 35.9 Å². The summed E-state index contributed by atoms with van der Waals surface area (Å²) < 4.78 is 0. The third-order valence-electron chi connectivity index (χ3n) is 1.31. The highest BCUT2D eigenvalue weighted by Gasteiger charge is 1.86. The molecule has 10 heavy (non-hydrogen) atoms. The van der Waals surface area contributed by atoms with Gasteiger partial charge in [0.25, 0.3) is 0 Å². The summed E-state index contributed by atoms with van der Waals surface area (Å²) in [6, 6.07) is 10.6. The van der Waals surface area contributed by atoms with Gasteiger partial charge in [0.2, 0.25) is 0 Å². The molecule has 0 nitrogen and oxygen atoms in total. The van der Waals surface area contributed by atoms with Crippen LogP contribution in [0.15, 0.2) is 30.3 Å². The molecule has 2 heteroatoms. The predicted octanol–water partition coefficient (Wildman–Crippen LogP) is -1.16. The molecule has 1 rings (SSSR count). The molecule has 0 saturated heterocycles. The van der Waals surface area contributed by atoms with Crippen molar-refractivity contribution in [2.75, 3.05) is 6.16 Å². The third-order valence-corrected chi connectivity index (χ3v) is 1.66. The Morgan fingerprint density at radius 2 is 1.70 bits per heavy atom. The normalized spacial score (nSPS) is 8.80. The van der Waals surface area contributed by atoms with Crippen LogP contribution in [0.1, 0.15) is 5.56 Å². The maximum absolute atomic E-state index is 2.17. The number of rotatable bonds is 2. The van der Waals surface area contributed by atoms with Crippen LogP contribution in [0.4, 0.5) is 0 Å². The maximum atomic E-state index is 2.17. The first-order chi connectivity index (χ1) is 4.43. The third kappa shape index (κ3) is 3.52. The Morgan fingerprint density at radius 1 is 1.10 bits per heavy atom. The van der Waals surface area contributed by atoms with Gasteiger partial charge in [-0.05, 0) is 14.8 Å². The van der Waals surface area contributed by atoms with Gasteiger partial charge in [0.05, 0.1) is 6.16 Å². The number of aryl methyl sites for hydroxylation is 1. The maximum Gasteiger partial charge on any atom is 0.0567 e. The Hall–Kier alpha value is 0.380. The van der Waals surface area contributed by atoms with E-state index in [4.69, 9.17) is 0 Å². The van der Waals surface area contributed by atoms with E-state index in [-0.39, 0.29) is 24.0 Å². The molecule has 0 fully saturated rings. The number of halogens is 1. The van der Waals surface area contributed by atoms with E-state index in [1.54, 1.807) is 0 Å². The average Bonchev–Trinajstić information content (AvgIpc) is 1.91. The van der Waals surface area contributed by atoms with Crippen LogP contribution in [0.5, 0.6) is 0 Å². The van der Waals surface area contributed by atoms with Gasteiger partial charge in [-0.3, -0.25) is 0 Å². The van der Waals surface area contributed by atoms with Crippen LogP contribution in [0.2, 0.25) is 0 Å². The van der Waals surface area contributed by atoms with E-state index in [0.29, 0.717) is 0 Å². The van der Waals surface area contributed by atoms with Gasteiger partial charge in [0, 0.05) is 6.42 Å². The highest BCUT2D eigenvalue weighted by Crippen LogP contribution is 2.00. The van der Waals surface area contributed by atoms with Crippen LogP contribution in [0.3, 0.4) is 0 Å². The molecular formula is C8H12IP. The van der Waals surface area contributed by atoms with Crippen molar-refractivity contribution < 1.29 is 24.0 Å². The summed E-state index contributed by atoms with van der Waals surface area (Å²) >= 11 is 0. The van der Waals surface area contributed by atoms with Gasteiger partial charge in [-0.2, -0.15) is 0 Å². The first-order valence-corrected chi connectivity index (χ1v) is 4.26. The molecule has 0 heterocycles. The summed E-state index contributed by atoms with van der Waals surface area (Å²) in [5, 5.41) is 0. The fraction of sp³-hybridized carbons (Fsp3) is 0.250. The van der Waals surface area contributed by atoms with Crippen molar-refractivity contribution >= 4 is 9.24 Å². The van der Waals surface area contributed by atoms with Crippen LogP contribution < -0.4 is 24.0 Å². The van der Waals surface area contributed by atoms with E-state index in [1.807, 2.05) is 9.24 Å². The van der Waals surface area contributed by atoms with Gasteiger partial charge >= 0.3 is 0 Å². The van der Waals surface area contributed by atoms with Crippen molar-refractivity contribution in [3.8, 4) is 0 Å². The summed E-state index contributed by atoms with van der Waals surface area (Å²) in [5.41, 5.74) is 1.45. The zero-order valence-corrected chi connectivity index (χ0v) is 9.46. The van der Waals surface area contributed by atoms with Gasteiger partial charge in [-0.1, -0.05) is 30.3 Å². The van der Waals surface area contributed by atoms with Crippen LogP contribution in [-0.2, 0) is 6.42 Å². The van der Waals surface area contributed by atoms with Crippen molar-refractivity contribution in [1.29, 1.82) is 0 Å². The lowest BCUT2D eigenvalue weighted by molar-refractivity contribution is -0.00000175. The number of benzene rings is 1. The second-order valence-corrected chi connectivity index (χ2v) is 2.80. The molecule has 1 unspecified atom stereocenters. The molecule has 0 saturated carbocycles. The molecule has 1 atom stereocenters. The zero-order chi connectivity index (χ0) is 6.53. The van der Waals surface area contributed by atoms with Crippen molar-refractivity contribution in [2.24, 2.45) is 0 Å². The van der Waals surface area contributed by atoms with Gasteiger partial charge in [-0.15, -0.1) is 0 Å². The molecule has 0 N–H and O–H groups in total. The molecule has 0 amide bonds. The fourth-order valence-electron chi connectivity index (χ4n) is 0.849. The van der Waals surface area contributed by atoms with E-state index < -0.39 is 0 Å². The lowest BCUT2D eigenvalue weighted by Crippen LogP contribution is -3.00. The highest BCUT2D eigenvalue weighted by atomic mass is 127. The quantitative estimate of drug-likeness (QED) is 0.468. The summed E-state index contributed by atoms with van der Waals surface area (Å²) in [6.45, 7) is 0. The smallest absolute Gasteiger partial charge is 0.0567 e. The van der Waals surface area contributed by atoms with E-state index in [0.717, 1.165) is 0 Å². The first kappa shape index (κ1) is 10.4. The monoisotopic (exact) mass is 266 g/mol. The first-order valence-electron chi connectivity index (χ1n) is 3.26. The van der Waals surface area contributed by atoms with Crippen LogP contribution in [0, 0.1) is 0 Å². The van der Waals surface area contributed by atoms with Gasteiger partial charge in [0.15, 0.2) is 0 Å². The SMILES string of the molecule is [I-].[PH3+]CCc1ccccc1. The summed E-state index contributed by atoms with van der Waals surface area (Å²) in [6.07, 6.45) is 2.49. The summed E-state index contributed by atoms with van der Waals surface area (Å²) in [5.74, 6) is 0. The van der Waals surface area contributed by atoms with E-state index in [9.17, 15) is 0 Å². The predicted molar refractivity (Wildman–Crippen MR) is 46.1 cm³/mol. The second kappa shape index (κ2) is 6.11. The molecule has 0 aliphatic carbocycles. The molecular weight excluding hydrogens is 254 g/mol. The van der Waals surface area contributed by atoms with Crippen molar-refractivity contribution in [2.45, 2.75) is 6.42 Å². The van der Waals surface area contributed by atoms with Crippen LogP contribution in [-0.4, -0.2) is 6.16 Å². The minimum atomic E-state index is 0. The van der Waals surface area contributed by atoms with Gasteiger partial charge in [0.1, 0.15) is 0 Å². The Morgan fingerprint density at radius 3 is 2.20 bits per heavy atom. The van der Waals surface area contributed by atoms with Crippen LogP contribution >= 0.6 is 9.24 Å². The fourth-order valence-corrected chi connectivity index (χ4v) is 1.26. The molecule has 0 aromatic heterocycles. The zero-order valence-electron chi connectivity index (χ0n) is 5.89. The Kier molecular flexibility index (Phi) is 6.35. The summed E-state index contributed by atoms with van der Waals surface area (Å²) in [7, 11) is 2.03. The molecule has 0 aliphatic rings. The molecule has 1 aromatic rings. The molecule has 0 bridgehead atoms. The minimum absolute atomic E-state index is 0. The Balaban J connectivity index is 0.000000810. The van der Waals surface area contributed by atoms with Gasteiger partial charge < -0.3 is 24.0 Å². The van der Waals surface area contributed by atoms with Gasteiger partial charge in [-0.25, -0.2) is 0 Å². The topological polar surface area (TPSA) is 0 Å². The molecule has 1 aromatic carbocycles. The van der Waals surface area contributed by atoms with Crippen LogP contribution in [0.25, 0.3) is 0 Å². The number of hydrogen-bond acceptors (Lipinski definition) is 0. The summed E-state index contributed by atoms with van der Waals surface area (Å²) in [4.78, 5) is 0. The minimum Gasteiger partial charge on any atom is -1.00 e. The van der Waals surface area contributed by atoms with E-state index in [2.05, 4.69) is 30.3 Å². The Labute approximate surface area is 81.6 Å². The van der Waals surface area contributed by atoms with E-state index >= 15 is 0 Å². The molecule has 0 aliphatic heterocycles. The Bertz CT molecular complexity index is 162. The molecule has 0 radical (unpaired) electrons. The molecule has 0 spiro atoms. The lowest BCUT2D eigenvalue weighted by Gasteiger charge is -1.91. The van der Waals surface area contributed by atoms with Crippen molar-refractivity contribution in [3.63, 3.8) is 0 Å². The number of hydrogen-bond donors (Lipinski definition) is 0. The average molecular weight is 266 g/mol. The second-order valence-electron chi connectivity index (χ2n) is 2.09. The van der Waals surface area contributed by atoms with E-state index in [1.165, 1.54) is 18.1 Å². The molecule has 56 valence electrons. The van der Waals surface area contributed by atoms with Crippen molar-refractivity contribution in [1.82, 2.24) is 0 Å². The largest absolute Gasteiger partial charge is 1.00 e. The standard InChI is InChI=1S/C8H11P.HI/c9-7-6-8-4-2-1-3-5-8;/h1-5H,6-7,9H2;1H.